The van der Waals surface area contributed by atoms with Crippen LogP contribution in [0.15, 0.2) is 0 Å². The summed E-state index contributed by atoms with van der Waals surface area (Å²) in [5.41, 5.74) is 0. The lowest BCUT2D eigenvalue weighted by Crippen LogP contribution is -2.50. The van der Waals surface area contributed by atoms with Gasteiger partial charge in [-0.05, 0) is 12.8 Å². The van der Waals surface area contributed by atoms with Gasteiger partial charge in [-0.3, -0.25) is 4.79 Å². The molecule has 0 aliphatic carbocycles. The molecular weight excluding hydrogens is 775 g/mol. The van der Waals surface area contributed by atoms with Crippen molar-refractivity contribution < 1.29 is 20.1 Å². The number of nitrogens with one attached hydrogen (secondary N) is 1. The van der Waals surface area contributed by atoms with Crippen molar-refractivity contribution in [2.24, 2.45) is 0 Å². The van der Waals surface area contributed by atoms with E-state index in [9.17, 15) is 20.1 Å². The third kappa shape index (κ3) is 49.1. The third-order valence-electron chi connectivity index (χ3n) is 14.2. The molecule has 0 spiro atoms. The van der Waals surface area contributed by atoms with E-state index < -0.39 is 18.2 Å². The minimum Gasteiger partial charge on any atom is -0.394 e. The second kappa shape index (κ2) is 54.0. The Morgan fingerprint density at radius 1 is 0.333 bits per heavy atom. The van der Waals surface area contributed by atoms with Crippen molar-refractivity contribution in [2.45, 2.75) is 360 Å². The summed E-state index contributed by atoms with van der Waals surface area (Å²) >= 11 is 0. The Kier molecular flexibility index (Phi) is 53.4. The molecule has 1 amide bonds. The van der Waals surface area contributed by atoms with Gasteiger partial charge in [-0.15, -0.1) is 0 Å². The number of carbonyl (C=O) groups is 1. The van der Waals surface area contributed by atoms with Crippen LogP contribution in [0.3, 0.4) is 0 Å². The van der Waals surface area contributed by atoms with Gasteiger partial charge in [0.05, 0.1) is 18.8 Å². The summed E-state index contributed by atoms with van der Waals surface area (Å²) < 4.78 is 0. The highest BCUT2D eigenvalue weighted by Gasteiger charge is 2.26. The fourth-order valence-electron chi connectivity index (χ4n) is 9.70. The predicted molar refractivity (Wildman–Crippen MR) is 278 cm³/mol. The van der Waals surface area contributed by atoms with Gasteiger partial charge in [0.2, 0.25) is 5.91 Å². The maximum Gasteiger partial charge on any atom is 0.220 e. The highest BCUT2D eigenvalue weighted by molar-refractivity contribution is 5.76. The van der Waals surface area contributed by atoms with Crippen LogP contribution in [-0.4, -0.2) is 46.1 Å². The molecule has 0 aromatic carbocycles. The molecule has 63 heavy (non-hydrogen) atoms. The van der Waals surface area contributed by atoms with Crippen molar-refractivity contribution in [1.29, 1.82) is 0 Å². The highest BCUT2D eigenvalue weighted by Crippen LogP contribution is 2.19. The van der Waals surface area contributed by atoms with E-state index in [0.29, 0.717) is 12.8 Å². The Morgan fingerprint density at radius 2 is 0.540 bits per heavy atom. The van der Waals surface area contributed by atoms with Gasteiger partial charge in [0.1, 0.15) is 6.10 Å². The smallest absolute Gasteiger partial charge is 0.220 e. The predicted octanol–water partition coefficient (Wildman–Crippen LogP) is 18.1. The highest BCUT2D eigenvalue weighted by atomic mass is 16.3. The summed E-state index contributed by atoms with van der Waals surface area (Å²) in [6.07, 6.45) is 65.6. The van der Waals surface area contributed by atoms with Crippen molar-refractivity contribution in [2.75, 3.05) is 6.61 Å². The maximum absolute atomic E-state index is 12.5. The van der Waals surface area contributed by atoms with Gasteiger partial charge in [0, 0.05) is 6.42 Å². The summed E-state index contributed by atoms with van der Waals surface area (Å²) in [5.74, 6) is -0.135. The van der Waals surface area contributed by atoms with Gasteiger partial charge >= 0.3 is 0 Å². The second-order valence-corrected chi connectivity index (χ2v) is 20.6. The minimum absolute atomic E-state index is 0.135. The molecule has 378 valence electrons. The summed E-state index contributed by atoms with van der Waals surface area (Å²) in [6, 6.07) is -0.804. The molecular formula is C58H117NO4. The van der Waals surface area contributed by atoms with Crippen molar-refractivity contribution in [3.05, 3.63) is 0 Å². The quantitative estimate of drug-likeness (QED) is 0.0458. The van der Waals surface area contributed by atoms with E-state index in [0.717, 1.165) is 32.1 Å². The second-order valence-electron chi connectivity index (χ2n) is 20.6. The van der Waals surface area contributed by atoms with E-state index in [4.69, 9.17) is 0 Å². The van der Waals surface area contributed by atoms with Crippen molar-refractivity contribution >= 4 is 5.91 Å². The Hall–Kier alpha value is -0.650. The van der Waals surface area contributed by atoms with Crippen LogP contribution in [0.1, 0.15) is 341 Å². The summed E-state index contributed by atoms with van der Waals surface area (Å²) in [6.45, 7) is 4.23. The topological polar surface area (TPSA) is 89.8 Å². The van der Waals surface area contributed by atoms with E-state index in [-0.39, 0.29) is 12.5 Å². The first-order chi connectivity index (χ1) is 31.1. The summed E-state index contributed by atoms with van der Waals surface area (Å²) in [7, 11) is 0. The van der Waals surface area contributed by atoms with Crippen LogP contribution in [0.4, 0.5) is 0 Å². The van der Waals surface area contributed by atoms with Crippen LogP contribution < -0.4 is 5.32 Å². The monoisotopic (exact) mass is 892 g/mol. The standard InChI is InChI=1S/C58H117NO4/c1-3-5-7-9-11-13-15-17-19-21-23-24-25-26-27-28-29-30-31-32-33-34-35-37-39-41-43-45-47-49-51-53-57(62)59-55(54-60)58(63)56(61)52-50-48-46-44-42-40-38-36-22-20-18-16-14-12-10-8-6-4-2/h55-56,58,60-61,63H,3-54H2,1-2H3,(H,59,62). The molecule has 3 unspecified atom stereocenters. The van der Waals surface area contributed by atoms with Crippen molar-refractivity contribution in [3.8, 4) is 0 Å². The molecule has 0 aliphatic heterocycles. The molecule has 0 rings (SSSR count). The average molecular weight is 893 g/mol. The molecule has 0 heterocycles. The van der Waals surface area contributed by atoms with Gasteiger partial charge in [-0.1, -0.05) is 322 Å². The van der Waals surface area contributed by atoms with E-state index in [1.807, 2.05) is 0 Å². The molecule has 0 saturated carbocycles. The maximum atomic E-state index is 12.5. The van der Waals surface area contributed by atoms with Gasteiger partial charge in [0.25, 0.3) is 0 Å². The largest absolute Gasteiger partial charge is 0.394 e. The van der Waals surface area contributed by atoms with Crippen molar-refractivity contribution in [1.82, 2.24) is 5.32 Å². The zero-order valence-electron chi connectivity index (χ0n) is 43.3. The number of unbranched alkanes of at least 4 members (excludes halogenated alkanes) is 47. The minimum atomic E-state index is -1.13. The molecule has 3 atom stereocenters. The van der Waals surface area contributed by atoms with E-state index in [1.165, 1.54) is 283 Å². The Bertz CT molecular complexity index is 853. The average Bonchev–Trinajstić information content (AvgIpc) is 3.29. The van der Waals surface area contributed by atoms with E-state index in [2.05, 4.69) is 19.2 Å². The van der Waals surface area contributed by atoms with Gasteiger partial charge in [0.15, 0.2) is 0 Å². The van der Waals surface area contributed by atoms with E-state index in [1.54, 1.807) is 0 Å². The lowest BCUT2D eigenvalue weighted by molar-refractivity contribution is -0.124. The number of hydrogen-bond acceptors (Lipinski definition) is 4. The number of aliphatic hydroxyl groups excluding tert-OH is 3. The van der Waals surface area contributed by atoms with E-state index >= 15 is 0 Å². The Labute approximate surface area is 396 Å². The molecule has 0 radical (unpaired) electrons. The fourth-order valence-corrected chi connectivity index (χ4v) is 9.70. The lowest BCUT2D eigenvalue weighted by atomic mass is 9.99. The van der Waals surface area contributed by atoms with Crippen LogP contribution in [0.2, 0.25) is 0 Å². The molecule has 0 bridgehead atoms. The number of rotatable bonds is 55. The first kappa shape index (κ1) is 62.4. The molecule has 5 nitrogen and oxygen atoms in total. The molecule has 5 heteroatoms. The number of hydrogen-bond donors (Lipinski definition) is 4. The normalized spacial score (nSPS) is 13.2. The molecule has 0 aromatic rings. The molecule has 0 aromatic heterocycles. The molecule has 4 N–H and O–H groups in total. The Balaban J connectivity index is 3.45. The van der Waals surface area contributed by atoms with Crippen LogP contribution in [0.25, 0.3) is 0 Å². The SMILES string of the molecule is CCCCCCCCCCCCCCCCCCCCCCCCCCCCCCCCCC(=O)NC(CO)C(O)C(O)CCCCCCCCCCCCCCCCCCCC. The summed E-state index contributed by atoms with van der Waals surface area (Å²) in [4.78, 5) is 12.5. The summed E-state index contributed by atoms with van der Waals surface area (Å²) in [5, 5.41) is 33.8. The molecule has 0 saturated heterocycles. The lowest BCUT2D eigenvalue weighted by Gasteiger charge is -2.26. The van der Waals surface area contributed by atoms with Gasteiger partial charge < -0.3 is 20.6 Å². The zero-order valence-corrected chi connectivity index (χ0v) is 43.3. The fraction of sp³-hybridized carbons (Fsp3) is 0.983. The third-order valence-corrected chi connectivity index (χ3v) is 14.2. The van der Waals surface area contributed by atoms with Crippen molar-refractivity contribution in [3.63, 3.8) is 0 Å². The van der Waals surface area contributed by atoms with Gasteiger partial charge in [-0.25, -0.2) is 0 Å². The number of amides is 1. The van der Waals surface area contributed by atoms with Crippen LogP contribution >= 0.6 is 0 Å². The van der Waals surface area contributed by atoms with Gasteiger partial charge in [-0.2, -0.15) is 0 Å². The number of carbonyl (C=O) groups excluding carboxylic acids is 1. The zero-order chi connectivity index (χ0) is 45.8. The Morgan fingerprint density at radius 3 is 0.762 bits per heavy atom. The first-order valence-electron chi connectivity index (χ1n) is 29.3. The first-order valence-corrected chi connectivity index (χ1v) is 29.3. The number of aliphatic hydroxyl groups is 3. The molecule has 0 fully saturated rings. The van der Waals surface area contributed by atoms with Crippen LogP contribution in [0.5, 0.6) is 0 Å². The van der Waals surface area contributed by atoms with Crippen LogP contribution in [0, 0.1) is 0 Å². The molecule has 0 aliphatic rings. The van der Waals surface area contributed by atoms with Crippen LogP contribution in [-0.2, 0) is 4.79 Å².